The van der Waals surface area contributed by atoms with E-state index in [1.807, 2.05) is 36.2 Å². The zero-order chi connectivity index (χ0) is 11.3. The average Bonchev–Trinajstić information content (AvgIpc) is 2.21. The van der Waals surface area contributed by atoms with Gasteiger partial charge in [0.05, 0.1) is 13.1 Å². The summed E-state index contributed by atoms with van der Waals surface area (Å²) in [4.78, 5) is 13.0. The number of halogens is 1. The van der Waals surface area contributed by atoms with Crippen molar-refractivity contribution in [1.82, 2.24) is 4.90 Å². The van der Waals surface area contributed by atoms with E-state index in [1.54, 1.807) is 0 Å². The summed E-state index contributed by atoms with van der Waals surface area (Å²) in [5, 5.41) is 0.726. The molecule has 3 nitrogen and oxygen atoms in total. The van der Waals surface area contributed by atoms with Crippen LogP contribution in [0.1, 0.15) is 5.56 Å². The molecule has 0 aliphatic carbocycles. The van der Waals surface area contributed by atoms with Gasteiger partial charge in [-0.2, -0.15) is 0 Å². The molecular formula is C11H15ClN2O. The standard InChI is InChI=1S/C11H15ClN2O/c1-14(8-10(15)6-13)7-9-4-2-3-5-11(9)12/h2-5H,6-8,13H2,1H3. The van der Waals surface area contributed by atoms with Crippen molar-refractivity contribution in [3.05, 3.63) is 34.9 Å². The lowest BCUT2D eigenvalue weighted by Gasteiger charge is -2.15. The highest BCUT2D eigenvalue weighted by atomic mass is 35.5. The minimum absolute atomic E-state index is 0.0320. The van der Waals surface area contributed by atoms with Gasteiger partial charge in [-0.25, -0.2) is 0 Å². The number of hydrogen-bond donors (Lipinski definition) is 1. The smallest absolute Gasteiger partial charge is 0.160 e. The number of hydrogen-bond acceptors (Lipinski definition) is 3. The molecule has 82 valence electrons. The predicted octanol–water partition coefficient (Wildman–Crippen LogP) is 1.30. The third kappa shape index (κ3) is 4.00. The molecule has 0 radical (unpaired) electrons. The first-order chi connectivity index (χ1) is 7.13. The predicted molar refractivity (Wildman–Crippen MR) is 61.8 cm³/mol. The first-order valence-electron chi connectivity index (χ1n) is 4.77. The highest BCUT2D eigenvalue weighted by Crippen LogP contribution is 2.16. The van der Waals surface area contributed by atoms with Crippen molar-refractivity contribution >= 4 is 17.4 Å². The minimum atomic E-state index is 0.0320. The van der Waals surface area contributed by atoms with Gasteiger partial charge < -0.3 is 5.73 Å². The van der Waals surface area contributed by atoms with Crippen molar-refractivity contribution in [2.45, 2.75) is 6.54 Å². The van der Waals surface area contributed by atoms with Crippen LogP contribution in [0.2, 0.25) is 5.02 Å². The van der Waals surface area contributed by atoms with Gasteiger partial charge in [0, 0.05) is 11.6 Å². The molecule has 1 aromatic rings. The van der Waals surface area contributed by atoms with Gasteiger partial charge in [-0.1, -0.05) is 29.8 Å². The molecule has 0 fully saturated rings. The normalized spacial score (nSPS) is 10.7. The number of likely N-dealkylation sites (N-methyl/N-ethyl adjacent to an activating group) is 1. The van der Waals surface area contributed by atoms with Gasteiger partial charge in [-0.05, 0) is 18.7 Å². The van der Waals surface area contributed by atoms with Gasteiger partial charge in [0.1, 0.15) is 0 Å². The molecule has 0 unspecified atom stereocenters. The number of Topliss-reactive ketones (excluding diaryl/α,β-unsaturated/α-hetero) is 1. The molecule has 2 N–H and O–H groups in total. The second kappa shape index (κ2) is 5.85. The number of benzene rings is 1. The van der Waals surface area contributed by atoms with E-state index in [9.17, 15) is 4.79 Å². The van der Waals surface area contributed by atoms with Crippen molar-refractivity contribution in [2.75, 3.05) is 20.1 Å². The Labute approximate surface area is 94.8 Å². The molecule has 0 bridgehead atoms. The third-order valence-corrected chi connectivity index (χ3v) is 2.44. The van der Waals surface area contributed by atoms with Crippen molar-refractivity contribution in [3.63, 3.8) is 0 Å². The number of rotatable bonds is 5. The highest BCUT2D eigenvalue weighted by molar-refractivity contribution is 6.31. The zero-order valence-corrected chi connectivity index (χ0v) is 9.50. The van der Waals surface area contributed by atoms with E-state index >= 15 is 0 Å². The van der Waals surface area contributed by atoms with Crippen LogP contribution in [0, 0.1) is 0 Å². The van der Waals surface area contributed by atoms with Crippen LogP contribution in [-0.2, 0) is 11.3 Å². The SMILES string of the molecule is CN(CC(=O)CN)Cc1ccccc1Cl. The molecule has 0 saturated heterocycles. The fourth-order valence-corrected chi connectivity index (χ4v) is 1.53. The molecule has 0 aliphatic rings. The first-order valence-corrected chi connectivity index (χ1v) is 5.15. The Morgan fingerprint density at radius 3 is 2.73 bits per heavy atom. The lowest BCUT2D eigenvalue weighted by molar-refractivity contribution is -0.118. The number of carbonyl (C=O) groups is 1. The van der Waals surface area contributed by atoms with E-state index in [2.05, 4.69) is 0 Å². The Morgan fingerprint density at radius 2 is 2.13 bits per heavy atom. The Kier molecular flexibility index (Phi) is 4.75. The summed E-state index contributed by atoms with van der Waals surface area (Å²) >= 11 is 6.00. The Hall–Kier alpha value is -0.900. The van der Waals surface area contributed by atoms with Gasteiger partial charge >= 0.3 is 0 Å². The van der Waals surface area contributed by atoms with Crippen LogP contribution in [0.25, 0.3) is 0 Å². The Bertz CT molecular complexity index is 341. The molecule has 1 rings (SSSR count). The van der Waals surface area contributed by atoms with Crippen molar-refractivity contribution in [1.29, 1.82) is 0 Å². The monoisotopic (exact) mass is 226 g/mol. The lowest BCUT2D eigenvalue weighted by atomic mass is 10.2. The molecular weight excluding hydrogens is 212 g/mol. The Morgan fingerprint density at radius 1 is 1.47 bits per heavy atom. The summed E-state index contributed by atoms with van der Waals surface area (Å²) in [5.41, 5.74) is 6.26. The average molecular weight is 227 g/mol. The molecule has 0 aromatic heterocycles. The maximum atomic E-state index is 11.1. The highest BCUT2D eigenvalue weighted by Gasteiger charge is 2.07. The summed E-state index contributed by atoms with van der Waals surface area (Å²) in [6.07, 6.45) is 0. The van der Waals surface area contributed by atoms with Crippen LogP contribution in [0.3, 0.4) is 0 Å². The first kappa shape index (κ1) is 12.2. The maximum absolute atomic E-state index is 11.1. The van der Waals surface area contributed by atoms with Gasteiger partial charge in [0.15, 0.2) is 5.78 Å². The van der Waals surface area contributed by atoms with Crippen LogP contribution in [0.5, 0.6) is 0 Å². The van der Waals surface area contributed by atoms with Crippen LogP contribution in [0.15, 0.2) is 24.3 Å². The van der Waals surface area contributed by atoms with Crippen molar-refractivity contribution in [3.8, 4) is 0 Å². The summed E-state index contributed by atoms with van der Waals surface area (Å²) in [6, 6.07) is 7.61. The molecule has 15 heavy (non-hydrogen) atoms. The zero-order valence-electron chi connectivity index (χ0n) is 8.74. The van der Waals surface area contributed by atoms with Crippen LogP contribution < -0.4 is 5.73 Å². The van der Waals surface area contributed by atoms with Crippen molar-refractivity contribution in [2.24, 2.45) is 5.73 Å². The van der Waals surface area contributed by atoms with Crippen molar-refractivity contribution < 1.29 is 4.79 Å². The summed E-state index contributed by atoms with van der Waals surface area (Å²) in [7, 11) is 1.87. The largest absolute Gasteiger partial charge is 0.324 e. The fourth-order valence-electron chi connectivity index (χ4n) is 1.34. The van der Waals surface area contributed by atoms with Crippen LogP contribution in [0.4, 0.5) is 0 Å². The van der Waals surface area contributed by atoms with E-state index in [4.69, 9.17) is 17.3 Å². The van der Waals surface area contributed by atoms with Gasteiger partial charge in [-0.15, -0.1) is 0 Å². The summed E-state index contributed by atoms with van der Waals surface area (Å²) < 4.78 is 0. The molecule has 0 atom stereocenters. The topological polar surface area (TPSA) is 46.3 Å². The van der Waals surface area contributed by atoms with Gasteiger partial charge in [-0.3, -0.25) is 9.69 Å². The van der Waals surface area contributed by atoms with E-state index in [-0.39, 0.29) is 12.3 Å². The van der Waals surface area contributed by atoms with E-state index < -0.39 is 0 Å². The van der Waals surface area contributed by atoms with Crippen LogP contribution in [-0.4, -0.2) is 30.8 Å². The number of nitrogens with two attached hydrogens (primary N) is 1. The van der Waals surface area contributed by atoms with E-state index in [0.29, 0.717) is 13.1 Å². The molecule has 0 amide bonds. The third-order valence-electron chi connectivity index (χ3n) is 2.07. The van der Waals surface area contributed by atoms with Gasteiger partial charge in [0.25, 0.3) is 0 Å². The molecule has 0 heterocycles. The summed E-state index contributed by atoms with van der Waals surface area (Å²) in [5.74, 6) is 0.0320. The molecule has 0 saturated carbocycles. The Balaban J connectivity index is 2.55. The lowest BCUT2D eigenvalue weighted by Crippen LogP contribution is -2.29. The fraction of sp³-hybridized carbons (Fsp3) is 0.364. The molecule has 0 spiro atoms. The maximum Gasteiger partial charge on any atom is 0.160 e. The van der Waals surface area contributed by atoms with E-state index in [1.165, 1.54) is 0 Å². The molecule has 4 heteroatoms. The number of ketones is 1. The van der Waals surface area contributed by atoms with E-state index in [0.717, 1.165) is 10.6 Å². The quantitative estimate of drug-likeness (QED) is 0.823. The molecule has 1 aromatic carbocycles. The second-order valence-electron chi connectivity index (χ2n) is 3.51. The van der Waals surface area contributed by atoms with Crippen LogP contribution >= 0.6 is 11.6 Å². The number of carbonyl (C=O) groups excluding carboxylic acids is 1. The second-order valence-corrected chi connectivity index (χ2v) is 3.91. The van der Waals surface area contributed by atoms with Gasteiger partial charge in [0.2, 0.25) is 0 Å². The summed E-state index contributed by atoms with van der Waals surface area (Å²) in [6.45, 7) is 1.11. The number of nitrogens with zero attached hydrogens (tertiary/aromatic N) is 1. The molecule has 0 aliphatic heterocycles. The minimum Gasteiger partial charge on any atom is -0.324 e.